The van der Waals surface area contributed by atoms with Crippen LogP contribution >= 0.6 is 15.2 Å². The fraction of sp³-hybridized carbons (Fsp3) is 0. The van der Waals surface area contributed by atoms with Crippen molar-refractivity contribution < 1.29 is 698 Å². The minimum absolute atomic E-state index is 0. The van der Waals surface area contributed by atoms with Crippen LogP contribution in [0.2, 0.25) is 0 Å². The Kier molecular flexibility index (Phi) is 306. The van der Waals surface area contributed by atoms with Gasteiger partial charge in [0.05, 0.1) is 0 Å². The summed E-state index contributed by atoms with van der Waals surface area (Å²) in [6.45, 7) is 0. The second-order valence-corrected chi connectivity index (χ2v) is 4.43. The van der Waals surface area contributed by atoms with Gasteiger partial charge in [0.15, 0.2) is 5.27 Å². The number of carbonyl (C=O) groups is 1. The first kappa shape index (κ1) is 110. The van der Waals surface area contributed by atoms with Gasteiger partial charge in [0.25, 0.3) is 0 Å². The quantitative estimate of drug-likeness (QED) is 0.207. The summed E-state index contributed by atoms with van der Waals surface area (Å²) in [5.41, 5.74) is 0. The molecule has 0 saturated heterocycles. The van der Waals surface area contributed by atoms with Crippen LogP contribution < -0.4 is 667 Å². The predicted molar refractivity (Wildman–Crippen MR) is 34.0 cm³/mol. The fourth-order valence-corrected chi connectivity index (χ4v) is 1.35. The first-order chi connectivity index (χ1) is 4.15. The van der Waals surface area contributed by atoms with Gasteiger partial charge in [-0.3, -0.25) is 4.79 Å². The van der Waals surface area contributed by atoms with Crippen LogP contribution in [0.1, 0.15) is 17.1 Å². The van der Waals surface area contributed by atoms with E-state index in [-0.39, 0.29) is 665 Å². The van der Waals surface area contributed by atoms with Crippen LogP contribution in [-0.4, -0.2) is 5.27 Å². The van der Waals surface area contributed by atoms with E-state index >= 15 is 0 Å². The van der Waals surface area contributed by atoms with Crippen LogP contribution in [0.5, 0.6) is 0 Å². The van der Waals surface area contributed by atoms with Gasteiger partial charge in [-0.2, -0.15) is 0 Å². The molecule has 84 valence electrons. The van der Waals surface area contributed by atoms with E-state index in [2.05, 4.69) is 0 Å². The van der Waals surface area contributed by atoms with E-state index in [9.17, 15) is 33.5 Å². The summed E-state index contributed by atoms with van der Waals surface area (Å²) in [6, 6.07) is 0. The first-order valence-electron chi connectivity index (χ1n) is 1.75. The maximum atomic E-state index is 9.71. The molecule has 0 N–H and O–H groups in total. The Labute approximate surface area is 692 Å². The van der Waals surface area contributed by atoms with E-state index in [1.165, 1.54) is 0 Å². The van der Waals surface area contributed by atoms with Crippen molar-refractivity contribution >= 4 is 20.5 Å². The average Bonchev–Trinajstić information content (AvgIpc) is 1.59. The maximum absolute atomic E-state index is 9.71. The summed E-state index contributed by atoms with van der Waals surface area (Å²) >= 11 is 0. The van der Waals surface area contributed by atoms with Gasteiger partial charge < -0.3 is 45.8 Å². The van der Waals surface area contributed by atoms with Crippen LogP contribution in [0.25, 0.3) is 0 Å². The van der Waals surface area contributed by atoms with Gasteiger partial charge in [-0.25, -0.2) is 0 Å². The molecule has 0 rings (SSSR count). The predicted octanol–water partition coefficient (Wildman–Crippen LogP) is -49.7. The third kappa shape index (κ3) is 80.0. The van der Waals surface area contributed by atoms with Crippen molar-refractivity contribution in [2.75, 3.05) is 0 Å². The number of rotatable bonds is 2. The van der Waals surface area contributed by atoms with Gasteiger partial charge in [-0.1, -0.05) is 0 Å². The summed E-state index contributed by atoms with van der Waals surface area (Å²) < 4.78 is 19.1. The van der Waals surface area contributed by atoms with Crippen molar-refractivity contribution in [3.8, 4) is 0 Å². The molecular weight excluding hydrogens is 683 g/mol. The van der Waals surface area contributed by atoms with Crippen LogP contribution in [0, 0.1) is 0 Å². The molecule has 0 aliphatic heterocycles. The van der Waals surface area contributed by atoms with Crippen LogP contribution in [0.15, 0.2) is 0 Å². The van der Waals surface area contributed by atoms with E-state index in [1.807, 2.05) is 0 Å². The topological polar surface area (TPSA) is 143 Å². The van der Waals surface area contributed by atoms with Gasteiger partial charge in [0, 0.05) is 15.2 Å². The molecule has 0 saturated carbocycles. The van der Waals surface area contributed by atoms with Crippen LogP contribution in [0.4, 0.5) is 4.79 Å². The van der Waals surface area contributed by atoms with Crippen molar-refractivity contribution in [3.05, 3.63) is 0 Å². The molecule has 0 aromatic rings. The zero-order chi connectivity index (χ0) is 8.58. The molecule has 0 heterocycles. The second-order valence-electron chi connectivity index (χ2n) is 1.28. The minimum atomic E-state index is -5.91. The van der Waals surface area contributed by atoms with Gasteiger partial charge in [0.1, 0.15) is 0 Å². The summed E-state index contributed by atoms with van der Waals surface area (Å²) in [5.74, 6) is 0. The summed E-state index contributed by atoms with van der Waals surface area (Å²) in [6.07, 6.45) is 0. The van der Waals surface area contributed by atoms with Gasteiger partial charge in [0.2, 0.25) is 0 Å². The first-order valence-corrected chi connectivity index (χ1v) is 4.83. The van der Waals surface area contributed by atoms with Crippen molar-refractivity contribution in [1.82, 2.24) is 0 Å². The Balaban J connectivity index is -0.00000000107. The van der Waals surface area contributed by atoms with E-state index in [0.717, 1.165) is 0 Å². The number of hydrogen-bond acceptors (Lipinski definition) is 7. The summed E-state index contributed by atoms with van der Waals surface area (Å²) in [4.78, 5) is 47.8. The van der Waals surface area contributed by atoms with Crippen molar-refractivity contribution in [2.45, 2.75) is 0 Å². The van der Waals surface area contributed by atoms with Crippen LogP contribution in [-0.2, 0) is 9.13 Å². The molecule has 26 heavy (non-hydrogen) atoms. The molecule has 0 aliphatic carbocycles. The zero-order valence-electron chi connectivity index (χ0n) is 32.3. The molecule has 0 aliphatic rings. The molecule has 0 spiro atoms. The van der Waals surface area contributed by atoms with Crippen molar-refractivity contribution in [2.24, 2.45) is 0 Å². The third-order valence-electron chi connectivity index (χ3n) is 0.469. The van der Waals surface area contributed by atoms with Gasteiger partial charge >= 0.3 is 648 Å². The SMILES string of the molecule is O=C(P(=O)([O-])[O-])P(=O)([O-])[O-].[H-].[H-].[H-].[H-].[H-].[H-].[H-].[H-].[H-].[H-].[H-].[H-].[K+].[K+].[K+].[K+].[K+].[K+].[K+].[K+].[Na+].[Na+].[Na+].[Na+].[Na+].[Na+].[Na+].[Na+]. The molecule has 25 heteroatoms. The molecule has 0 fully saturated rings. The third-order valence-corrected chi connectivity index (χ3v) is 2.88. The Morgan fingerprint density at radius 1 is 0.462 bits per heavy atom. The molecule has 0 radical (unpaired) electrons. The van der Waals surface area contributed by atoms with Crippen LogP contribution in [0.3, 0.4) is 0 Å². The number of hydrogen-bond donors (Lipinski definition) is 0. The largest absolute Gasteiger partial charge is 1.00 e. The Bertz CT molecular complexity index is 279. The monoisotopic (exact) mass is 694 g/mol. The molecule has 0 unspecified atom stereocenters. The summed E-state index contributed by atoms with van der Waals surface area (Å²) in [5, 5.41) is -2.79. The Morgan fingerprint density at radius 3 is 0.538 bits per heavy atom. The Morgan fingerprint density at radius 2 is 0.538 bits per heavy atom. The second kappa shape index (κ2) is 71.9. The molecule has 0 amide bonds. The van der Waals surface area contributed by atoms with E-state index in [0.29, 0.717) is 0 Å². The molecule has 0 aromatic heterocycles. The molecule has 0 aromatic carbocycles. The van der Waals surface area contributed by atoms with Crippen molar-refractivity contribution in [1.29, 1.82) is 0 Å². The Hall–Kier alpha value is 21.1. The molecular formula is CH12K8Na8O7P2. The smallest absolute Gasteiger partial charge is 1.00 e. The summed E-state index contributed by atoms with van der Waals surface area (Å²) in [7, 11) is -11.8. The normalized spacial score (nSPS) is 5.08. The van der Waals surface area contributed by atoms with E-state index < -0.39 is 20.5 Å². The standard InChI is InChI=1S/CH4O7P2.8K.8Na.12H/c2-1(9(3,4)5)10(6,7)8;;;;;;;;;;;;;;;;;;;;;;;;;;;;/h(H2,3,4,5)(H2,6,7,8);;;;;;;;;;;;;;;;;;;;;;;;;;;;/q;16*+1;12*-1/p-4. The van der Waals surface area contributed by atoms with E-state index in [1.54, 1.807) is 0 Å². The molecule has 0 atom stereocenters. The van der Waals surface area contributed by atoms with E-state index in [4.69, 9.17) is 0 Å². The van der Waals surface area contributed by atoms with Gasteiger partial charge in [-0.15, -0.1) is 0 Å². The molecule has 7 nitrogen and oxygen atoms in total. The van der Waals surface area contributed by atoms with Gasteiger partial charge in [-0.05, 0) is 0 Å². The fourth-order valence-electron chi connectivity index (χ4n) is 0.150. The average molecular weight is 695 g/mol. The molecule has 0 bridgehead atoms. The maximum Gasteiger partial charge on any atom is 1.00 e. The number of carbonyl (C=O) groups excluding carboxylic acids is 1. The minimum Gasteiger partial charge on any atom is -1.00 e. The van der Waals surface area contributed by atoms with Crippen molar-refractivity contribution in [3.63, 3.8) is 0 Å². The zero-order valence-corrected chi connectivity index (χ0v) is 63.0.